The first kappa shape index (κ1) is 21.2. The lowest BCUT2D eigenvalue weighted by atomic mass is 10.2. The summed E-state index contributed by atoms with van der Waals surface area (Å²) in [6.07, 6.45) is 0.885. The van der Waals surface area contributed by atoms with Crippen molar-refractivity contribution in [1.82, 2.24) is 5.32 Å². The molecule has 0 spiro atoms. The molecular formula is C21H27N3O4. The van der Waals surface area contributed by atoms with E-state index in [4.69, 9.17) is 9.47 Å². The van der Waals surface area contributed by atoms with Gasteiger partial charge >= 0.3 is 0 Å². The molecule has 0 aliphatic heterocycles. The Morgan fingerprint density at radius 2 is 1.61 bits per heavy atom. The normalized spacial score (nSPS) is 10.2. The van der Waals surface area contributed by atoms with Crippen LogP contribution in [-0.2, 0) is 9.53 Å². The van der Waals surface area contributed by atoms with E-state index in [1.54, 1.807) is 31.4 Å². The number of rotatable bonds is 11. The second-order valence-electron chi connectivity index (χ2n) is 6.10. The maximum Gasteiger partial charge on any atom is 0.251 e. The predicted molar refractivity (Wildman–Crippen MR) is 110 cm³/mol. The van der Waals surface area contributed by atoms with Crippen molar-refractivity contribution in [1.29, 1.82) is 0 Å². The highest BCUT2D eigenvalue weighted by Crippen LogP contribution is 2.15. The number of carbonyl (C=O) groups excluding carboxylic acids is 2. The fourth-order valence-electron chi connectivity index (χ4n) is 2.34. The monoisotopic (exact) mass is 385 g/mol. The number of hydrogen-bond acceptors (Lipinski definition) is 5. The van der Waals surface area contributed by atoms with Crippen molar-refractivity contribution in [2.75, 3.05) is 44.0 Å². The van der Waals surface area contributed by atoms with Crippen molar-refractivity contribution < 1.29 is 19.1 Å². The molecule has 0 saturated heterocycles. The second-order valence-corrected chi connectivity index (χ2v) is 6.10. The highest BCUT2D eigenvalue weighted by Gasteiger charge is 2.06. The van der Waals surface area contributed by atoms with Crippen LogP contribution < -0.4 is 20.7 Å². The number of amides is 2. The van der Waals surface area contributed by atoms with E-state index >= 15 is 0 Å². The molecule has 7 heteroatoms. The lowest BCUT2D eigenvalue weighted by Gasteiger charge is -2.10. The third-order valence-corrected chi connectivity index (χ3v) is 3.83. The largest absolute Gasteiger partial charge is 0.491 e. The molecule has 2 rings (SSSR count). The quantitative estimate of drug-likeness (QED) is 0.518. The summed E-state index contributed by atoms with van der Waals surface area (Å²) in [6, 6.07) is 14.2. The molecular weight excluding hydrogens is 358 g/mol. The Morgan fingerprint density at radius 3 is 2.25 bits per heavy atom. The van der Waals surface area contributed by atoms with Crippen LogP contribution in [0.2, 0.25) is 0 Å². The number of methoxy groups -OCH3 is 1. The first-order valence-electron chi connectivity index (χ1n) is 9.26. The molecule has 150 valence electrons. The van der Waals surface area contributed by atoms with Crippen LogP contribution in [0.4, 0.5) is 11.4 Å². The summed E-state index contributed by atoms with van der Waals surface area (Å²) in [6.45, 7) is 3.79. The number of carbonyl (C=O) groups is 2. The average molecular weight is 385 g/mol. The highest BCUT2D eigenvalue weighted by molar-refractivity contribution is 5.96. The molecule has 0 unspecified atom stereocenters. The SMILES string of the molecule is CCCNC(=O)c1ccc(NC(=O)CNc2ccc(OCCOC)cc2)cc1. The van der Waals surface area contributed by atoms with E-state index in [-0.39, 0.29) is 18.4 Å². The number of benzene rings is 2. The maximum absolute atomic E-state index is 12.1. The minimum Gasteiger partial charge on any atom is -0.491 e. The molecule has 7 nitrogen and oxygen atoms in total. The van der Waals surface area contributed by atoms with Gasteiger partial charge in [0, 0.05) is 30.6 Å². The van der Waals surface area contributed by atoms with E-state index in [1.807, 2.05) is 31.2 Å². The van der Waals surface area contributed by atoms with E-state index in [2.05, 4.69) is 16.0 Å². The third kappa shape index (κ3) is 7.28. The van der Waals surface area contributed by atoms with Crippen LogP contribution in [0.25, 0.3) is 0 Å². The van der Waals surface area contributed by atoms with Crippen LogP contribution in [0.1, 0.15) is 23.7 Å². The Hall–Kier alpha value is -3.06. The number of anilines is 2. The lowest BCUT2D eigenvalue weighted by Crippen LogP contribution is -2.24. The molecule has 0 fully saturated rings. The number of nitrogens with one attached hydrogen (secondary N) is 3. The van der Waals surface area contributed by atoms with E-state index < -0.39 is 0 Å². The van der Waals surface area contributed by atoms with Gasteiger partial charge in [-0.1, -0.05) is 6.92 Å². The molecule has 0 heterocycles. The minimum absolute atomic E-state index is 0.115. The van der Waals surface area contributed by atoms with Crippen LogP contribution in [0.3, 0.4) is 0 Å². The molecule has 0 aliphatic carbocycles. The topological polar surface area (TPSA) is 88.7 Å². The van der Waals surface area contributed by atoms with E-state index in [0.29, 0.717) is 31.0 Å². The standard InChI is InChI=1S/C21H27N3O4/c1-3-12-22-21(26)16-4-6-18(7-5-16)24-20(25)15-23-17-8-10-19(11-9-17)28-14-13-27-2/h4-11,23H,3,12-15H2,1-2H3,(H,22,26)(H,24,25). The van der Waals surface area contributed by atoms with Gasteiger partial charge in [-0.2, -0.15) is 0 Å². The molecule has 28 heavy (non-hydrogen) atoms. The first-order chi connectivity index (χ1) is 13.6. The van der Waals surface area contributed by atoms with Crippen molar-refractivity contribution in [2.24, 2.45) is 0 Å². The molecule has 0 saturated carbocycles. The molecule has 0 atom stereocenters. The molecule has 2 aromatic rings. The molecule has 0 aliphatic rings. The van der Waals surface area contributed by atoms with E-state index in [1.165, 1.54) is 0 Å². The fourth-order valence-corrected chi connectivity index (χ4v) is 2.34. The van der Waals surface area contributed by atoms with Crippen molar-refractivity contribution in [3.63, 3.8) is 0 Å². The zero-order chi connectivity index (χ0) is 20.2. The Balaban J connectivity index is 1.76. The summed E-state index contributed by atoms with van der Waals surface area (Å²) >= 11 is 0. The number of ether oxygens (including phenoxy) is 2. The second kappa shape index (κ2) is 11.6. The molecule has 0 aromatic heterocycles. The van der Waals surface area contributed by atoms with Gasteiger partial charge in [-0.25, -0.2) is 0 Å². The first-order valence-corrected chi connectivity index (χ1v) is 9.26. The van der Waals surface area contributed by atoms with Gasteiger partial charge in [0.25, 0.3) is 5.91 Å². The fraction of sp³-hybridized carbons (Fsp3) is 0.333. The summed E-state index contributed by atoms with van der Waals surface area (Å²) in [7, 11) is 1.63. The van der Waals surface area contributed by atoms with Crippen molar-refractivity contribution in [2.45, 2.75) is 13.3 Å². The molecule has 3 N–H and O–H groups in total. The van der Waals surface area contributed by atoms with Crippen LogP contribution in [-0.4, -0.2) is 45.2 Å². The summed E-state index contributed by atoms with van der Waals surface area (Å²) in [5.74, 6) is 0.453. The van der Waals surface area contributed by atoms with Gasteiger partial charge in [0.2, 0.25) is 5.91 Å². The Kier molecular flexibility index (Phi) is 8.81. The smallest absolute Gasteiger partial charge is 0.251 e. The summed E-state index contributed by atoms with van der Waals surface area (Å²) in [5.41, 5.74) is 2.02. The molecule has 2 aromatic carbocycles. The summed E-state index contributed by atoms with van der Waals surface area (Å²) in [5, 5.41) is 8.66. The Labute approximate surface area is 165 Å². The Bertz CT molecular complexity index is 745. The molecule has 2 amide bonds. The molecule has 0 radical (unpaired) electrons. The summed E-state index contributed by atoms with van der Waals surface area (Å²) in [4.78, 5) is 24.0. The van der Waals surface area contributed by atoms with Gasteiger partial charge in [0.1, 0.15) is 12.4 Å². The van der Waals surface area contributed by atoms with Gasteiger partial charge in [-0.05, 0) is 55.0 Å². The predicted octanol–water partition coefficient (Wildman–Crippen LogP) is 2.90. The van der Waals surface area contributed by atoms with Crippen molar-refractivity contribution in [3.05, 3.63) is 54.1 Å². The average Bonchev–Trinajstić information content (AvgIpc) is 2.72. The van der Waals surface area contributed by atoms with Crippen LogP contribution in [0.5, 0.6) is 5.75 Å². The van der Waals surface area contributed by atoms with Gasteiger partial charge in [-0.15, -0.1) is 0 Å². The molecule has 0 bridgehead atoms. The van der Waals surface area contributed by atoms with Crippen LogP contribution in [0, 0.1) is 0 Å². The maximum atomic E-state index is 12.1. The van der Waals surface area contributed by atoms with Gasteiger partial charge < -0.3 is 25.4 Å². The van der Waals surface area contributed by atoms with E-state index in [0.717, 1.165) is 17.9 Å². The van der Waals surface area contributed by atoms with Crippen LogP contribution in [0.15, 0.2) is 48.5 Å². The van der Waals surface area contributed by atoms with Gasteiger partial charge in [0.05, 0.1) is 13.2 Å². The third-order valence-electron chi connectivity index (χ3n) is 3.83. The lowest BCUT2D eigenvalue weighted by molar-refractivity contribution is -0.114. The Morgan fingerprint density at radius 1 is 0.929 bits per heavy atom. The van der Waals surface area contributed by atoms with Crippen molar-refractivity contribution in [3.8, 4) is 5.75 Å². The minimum atomic E-state index is -0.177. The van der Waals surface area contributed by atoms with E-state index in [9.17, 15) is 9.59 Å². The van der Waals surface area contributed by atoms with Gasteiger partial charge in [-0.3, -0.25) is 9.59 Å². The van der Waals surface area contributed by atoms with Crippen LogP contribution >= 0.6 is 0 Å². The van der Waals surface area contributed by atoms with Crippen molar-refractivity contribution >= 4 is 23.2 Å². The zero-order valence-corrected chi connectivity index (χ0v) is 16.3. The zero-order valence-electron chi connectivity index (χ0n) is 16.3. The highest BCUT2D eigenvalue weighted by atomic mass is 16.5. The van der Waals surface area contributed by atoms with Gasteiger partial charge in [0.15, 0.2) is 0 Å². The number of hydrogen-bond donors (Lipinski definition) is 3. The summed E-state index contributed by atoms with van der Waals surface area (Å²) < 4.78 is 10.4.